The molecule has 0 saturated heterocycles. The highest BCUT2D eigenvalue weighted by atomic mass is 16.3. The molecule has 4 N–H and O–H groups in total. The number of fused-ring (bicyclic) bond motifs is 2. The van der Waals surface area contributed by atoms with Crippen molar-refractivity contribution in [3.05, 3.63) is 83.3 Å². The van der Waals surface area contributed by atoms with Crippen molar-refractivity contribution >= 4 is 28.0 Å². The number of H-pyrrole nitrogens is 1. The minimum atomic E-state index is -0.872. The van der Waals surface area contributed by atoms with Gasteiger partial charge in [0.2, 0.25) is 0 Å². The summed E-state index contributed by atoms with van der Waals surface area (Å²) in [5, 5.41) is 18.9. The van der Waals surface area contributed by atoms with E-state index in [1.54, 1.807) is 0 Å². The van der Waals surface area contributed by atoms with E-state index in [1.165, 1.54) is 40.7 Å². The lowest BCUT2D eigenvalue weighted by Gasteiger charge is -2.18. The molecule has 186 valence electrons. The average Bonchev–Trinajstić information content (AvgIpc) is 3.25. The van der Waals surface area contributed by atoms with Gasteiger partial charge >= 0.3 is 0 Å². The highest BCUT2D eigenvalue weighted by molar-refractivity contribution is 5.86. The number of nitrogens with one attached hydrogen (secondary N) is 3. The topological polar surface area (TPSA) is 73.0 Å². The first-order valence-corrected chi connectivity index (χ1v) is 13.3. The van der Waals surface area contributed by atoms with E-state index in [2.05, 4.69) is 65.1 Å². The van der Waals surface area contributed by atoms with Gasteiger partial charge in [0, 0.05) is 58.6 Å². The summed E-state index contributed by atoms with van der Waals surface area (Å²) in [6.45, 7) is 6.87. The van der Waals surface area contributed by atoms with E-state index in [4.69, 9.17) is 4.98 Å². The van der Waals surface area contributed by atoms with Crippen LogP contribution in [0.15, 0.2) is 60.9 Å². The Labute approximate surface area is 213 Å². The first kappa shape index (κ1) is 23.1. The Morgan fingerprint density at radius 2 is 1.86 bits per heavy atom. The molecule has 4 aromatic rings. The molecule has 0 amide bonds. The summed E-state index contributed by atoms with van der Waals surface area (Å²) in [4.78, 5) is 8.15. The molecular formula is C31H36N4O. The van der Waals surface area contributed by atoms with Gasteiger partial charge in [0.1, 0.15) is 0 Å². The van der Waals surface area contributed by atoms with Gasteiger partial charge in [-0.15, -0.1) is 0 Å². The number of aliphatic hydroxyl groups is 1. The van der Waals surface area contributed by atoms with Crippen LogP contribution in [0.4, 0.5) is 17.1 Å². The van der Waals surface area contributed by atoms with E-state index in [9.17, 15) is 5.11 Å². The molecule has 2 aromatic carbocycles. The second-order valence-electron chi connectivity index (χ2n) is 11.2. The second-order valence-corrected chi connectivity index (χ2v) is 11.2. The summed E-state index contributed by atoms with van der Waals surface area (Å²) < 4.78 is 0. The van der Waals surface area contributed by atoms with Crippen LogP contribution in [0.3, 0.4) is 0 Å². The Morgan fingerprint density at radius 1 is 1.08 bits per heavy atom. The van der Waals surface area contributed by atoms with Gasteiger partial charge in [0.15, 0.2) is 0 Å². The number of nitrogens with zero attached hydrogens (tertiary/aromatic N) is 1. The van der Waals surface area contributed by atoms with Gasteiger partial charge in [-0.3, -0.25) is 4.98 Å². The number of para-hydroxylation sites is 1. The SMILES string of the molecule is CC1CC1C1CCc2c(Nc3ccc(NCCc4c[nH]c5c(C(C)(C)O)cccc45)cc3)ccnc21. The lowest BCUT2D eigenvalue weighted by atomic mass is 9.95. The molecule has 6 rings (SSSR count). The zero-order valence-corrected chi connectivity index (χ0v) is 21.4. The van der Waals surface area contributed by atoms with E-state index in [0.29, 0.717) is 5.92 Å². The smallest absolute Gasteiger partial charge is 0.0860 e. The Kier molecular flexibility index (Phi) is 5.76. The molecule has 1 fully saturated rings. The quantitative estimate of drug-likeness (QED) is 0.222. The fourth-order valence-electron chi connectivity index (χ4n) is 6.07. The molecule has 2 heterocycles. The number of aromatic nitrogens is 2. The molecule has 0 radical (unpaired) electrons. The molecule has 2 aliphatic carbocycles. The van der Waals surface area contributed by atoms with Crippen molar-refractivity contribution in [1.82, 2.24) is 9.97 Å². The maximum absolute atomic E-state index is 10.5. The van der Waals surface area contributed by atoms with Gasteiger partial charge in [0.25, 0.3) is 0 Å². The molecule has 36 heavy (non-hydrogen) atoms. The van der Waals surface area contributed by atoms with Crippen LogP contribution in [0.2, 0.25) is 0 Å². The minimum Gasteiger partial charge on any atom is -0.386 e. The Balaban J connectivity index is 1.08. The fraction of sp³-hybridized carbons (Fsp3) is 0.387. The minimum absolute atomic E-state index is 0.655. The lowest BCUT2D eigenvalue weighted by Crippen LogP contribution is -2.15. The monoisotopic (exact) mass is 480 g/mol. The number of anilines is 3. The average molecular weight is 481 g/mol. The van der Waals surface area contributed by atoms with Gasteiger partial charge < -0.3 is 20.7 Å². The van der Waals surface area contributed by atoms with Crippen LogP contribution in [0.1, 0.15) is 61.9 Å². The van der Waals surface area contributed by atoms with Crippen molar-refractivity contribution in [2.45, 2.75) is 58.0 Å². The second kappa shape index (κ2) is 8.97. The van der Waals surface area contributed by atoms with Crippen LogP contribution < -0.4 is 10.6 Å². The molecule has 1 saturated carbocycles. The van der Waals surface area contributed by atoms with Crippen LogP contribution in [-0.2, 0) is 18.4 Å². The maximum atomic E-state index is 10.5. The molecule has 0 bridgehead atoms. The van der Waals surface area contributed by atoms with Crippen molar-refractivity contribution in [3.63, 3.8) is 0 Å². The number of hydrogen-bond donors (Lipinski definition) is 4. The van der Waals surface area contributed by atoms with Crippen molar-refractivity contribution in [1.29, 1.82) is 0 Å². The highest BCUT2D eigenvalue weighted by Crippen LogP contribution is 2.53. The van der Waals surface area contributed by atoms with E-state index >= 15 is 0 Å². The lowest BCUT2D eigenvalue weighted by molar-refractivity contribution is 0.0800. The molecule has 5 heteroatoms. The number of aromatic amines is 1. The largest absolute Gasteiger partial charge is 0.386 e. The van der Waals surface area contributed by atoms with Crippen LogP contribution in [-0.4, -0.2) is 21.6 Å². The number of pyridine rings is 1. The van der Waals surface area contributed by atoms with Gasteiger partial charge in [0.05, 0.1) is 11.1 Å². The molecule has 3 atom stereocenters. The summed E-state index contributed by atoms with van der Waals surface area (Å²) in [5.41, 5.74) is 8.51. The summed E-state index contributed by atoms with van der Waals surface area (Å²) in [6.07, 6.45) is 8.67. The Bertz CT molecular complexity index is 1380. The van der Waals surface area contributed by atoms with Gasteiger partial charge in [-0.25, -0.2) is 0 Å². The van der Waals surface area contributed by atoms with Gasteiger partial charge in [-0.1, -0.05) is 25.1 Å². The van der Waals surface area contributed by atoms with Crippen molar-refractivity contribution in [2.24, 2.45) is 11.8 Å². The first-order chi connectivity index (χ1) is 17.4. The Hall–Kier alpha value is -3.31. The third kappa shape index (κ3) is 4.37. The highest BCUT2D eigenvalue weighted by Gasteiger charge is 2.43. The number of rotatable bonds is 8. The zero-order chi connectivity index (χ0) is 24.9. The van der Waals surface area contributed by atoms with Crippen molar-refractivity contribution < 1.29 is 5.11 Å². The molecule has 0 spiro atoms. The van der Waals surface area contributed by atoms with E-state index in [-0.39, 0.29) is 0 Å². The summed E-state index contributed by atoms with van der Waals surface area (Å²) >= 11 is 0. The van der Waals surface area contributed by atoms with Crippen LogP contribution in [0, 0.1) is 11.8 Å². The Morgan fingerprint density at radius 3 is 2.61 bits per heavy atom. The molecule has 3 unspecified atom stereocenters. The standard InChI is InChI=1S/C31H36N4O/c1-19-17-26(19)24-11-12-25-28(14-16-33-29(24)25)35-22-9-7-21(8-10-22)32-15-13-20-18-34-30-23(20)5-4-6-27(30)31(2,3)36/h4-10,14,16,18-19,24,26,32,34,36H,11-13,15,17H2,1-3H3,(H,33,35). The predicted octanol–water partition coefficient (Wildman–Crippen LogP) is 6.87. The van der Waals surface area contributed by atoms with E-state index in [1.807, 2.05) is 32.2 Å². The van der Waals surface area contributed by atoms with E-state index < -0.39 is 5.60 Å². The zero-order valence-electron chi connectivity index (χ0n) is 21.4. The maximum Gasteiger partial charge on any atom is 0.0860 e. The van der Waals surface area contributed by atoms with Crippen LogP contribution >= 0.6 is 0 Å². The van der Waals surface area contributed by atoms with E-state index in [0.717, 1.165) is 53.7 Å². The summed E-state index contributed by atoms with van der Waals surface area (Å²) in [7, 11) is 0. The third-order valence-corrected chi connectivity index (χ3v) is 8.18. The summed E-state index contributed by atoms with van der Waals surface area (Å²) in [6, 6.07) is 16.8. The normalized spacial score (nSPS) is 20.9. The van der Waals surface area contributed by atoms with Gasteiger partial charge in [-0.05, 0) is 92.8 Å². The number of hydrogen-bond acceptors (Lipinski definition) is 4. The predicted molar refractivity (Wildman–Crippen MR) is 148 cm³/mol. The molecule has 0 aliphatic heterocycles. The summed E-state index contributed by atoms with van der Waals surface area (Å²) in [5.74, 6) is 2.36. The first-order valence-electron chi connectivity index (χ1n) is 13.3. The molecule has 2 aliphatic rings. The fourth-order valence-corrected chi connectivity index (χ4v) is 6.07. The van der Waals surface area contributed by atoms with Crippen LogP contribution in [0.5, 0.6) is 0 Å². The van der Waals surface area contributed by atoms with Gasteiger partial charge in [-0.2, -0.15) is 0 Å². The van der Waals surface area contributed by atoms with Crippen LogP contribution in [0.25, 0.3) is 10.9 Å². The number of benzene rings is 2. The van der Waals surface area contributed by atoms with Crippen molar-refractivity contribution in [2.75, 3.05) is 17.2 Å². The third-order valence-electron chi connectivity index (χ3n) is 8.18. The molecular weight excluding hydrogens is 444 g/mol. The van der Waals surface area contributed by atoms with Crippen molar-refractivity contribution in [3.8, 4) is 0 Å². The molecule has 5 nitrogen and oxygen atoms in total. The molecule has 2 aromatic heterocycles.